The smallest absolute Gasteiger partial charge is 0.252 e. The summed E-state index contributed by atoms with van der Waals surface area (Å²) in [4.78, 5) is 14.0. The molecule has 0 radical (unpaired) electrons. The van der Waals surface area contributed by atoms with Crippen molar-refractivity contribution in [1.82, 2.24) is 4.90 Å². The summed E-state index contributed by atoms with van der Waals surface area (Å²) in [6, 6.07) is 0.00944. The summed E-state index contributed by atoms with van der Waals surface area (Å²) < 4.78 is 15.5. The number of hydrogen-bond acceptors (Lipinski definition) is 5. The number of rotatable bonds is 10. The van der Waals surface area contributed by atoms with Crippen LogP contribution in [0.2, 0.25) is 0 Å². The van der Waals surface area contributed by atoms with E-state index in [1.165, 1.54) is 0 Å². The Labute approximate surface area is 126 Å². The topological polar surface area (TPSA) is 68.2 Å². The molecule has 0 bridgehead atoms. The highest BCUT2D eigenvalue weighted by atomic mass is 16.7. The van der Waals surface area contributed by atoms with Gasteiger partial charge in [-0.3, -0.25) is 4.79 Å². The number of likely N-dealkylation sites (tertiary alicyclic amines) is 1. The first-order chi connectivity index (χ1) is 10.1. The number of nitrogens with zero attached hydrogens (tertiary/aromatic N) is 1. The van der Waals surface area contributed by atoms with Crippen molar-refractivity contribution in [3.8, 4) is 0 Å². The SMILES string of the molecule is C=C[C@H](C)[C@@H](O)C(=O)N1CCC[C@H]1COCOCCOC. The number of methoxy groups -OCH3 is 1. The average molecular weight is 301 g/mol. The van der Waals surface area contributed by atoms with Crippen LogP contribution in [0.1, 0.15) is 19.8 Å². The first-order valence-corrected chi connectivity index (χ1v) is 7.37. The van der Waals surface area contributed by atoms with Crippen LogP contribution in [-0.4, -0.2) is 68.3 Å². The Morgan fingerprint density at radius 1 is 1.48 bits per heavy atom. The fraction of sp³-hybridized carbons (Fsp3) is 0.800. The van der Waals surface area contributed by atoms with Gasteiger partial charge in [-0.05, 0) is 12.8 Å². The summed E-state index contributed by atoms with van der Waals surface area (Å²) in [5.41, 5.74) is 0. The first-order valence-electron chi connectivity index (χ1n) is 7.37. The van der Waals surface area contributed by atoms with E-state index < -0.39 is 6.10 Å². The van der Waals surface area contributed by atoms with E-state index in [9.17, 15) is 9.90 Å². The molecular formula is C15H27NO5. The second kappa shape index (κ2) is 9.89. The van der Waals surface area contributed by atoms with Gasteiger partial charge in [0.25, 0.3) is 5.91 Å². The average Bonchev–Trinajstić information content (AvgIpc) is 2.96. The van der Waals surface area contributed by atoms with Crippen molar-refractivity contribution in [3.05, 3.63) is 12.7 Å². The van der Waals surface area contributed by atoms with E-state index in [1.807, 2.05) is 0 Å². The molecule has 0 unspecified atom stereocenters. The van der Waals surface area contributed by atoms with Crippen LogP contribution in [0.25, 0.3) is 0 Å². The molecule has 0 aliphatic carbocycles. The molecule has 1 saturated heterocycles. The molecule has 6 nitrogen and oxygen atoms in total. The van der Waals surface area contributed by atoms with Crippen LogP contribution in [0.3, 0.4) is 0 Å². The number of ether oxygens (including phenoxy) is 3. The molecule has 1 heterocycles. The van der Waals surface area contributed by atoms with Crippen LogP contribution < -0.4 is 0 Å². The monoisotopic (exact) mass is 301 g/mol. The number of hydrogen-bond donors (Lipinski definition) is 1. The predicted molar refractivity (Wildman–Crippen MR) is 78.7 cm³/mol. The number of aliphatic hydroxyl groups is 1. The van der Waals surface area contributed by atoms with E-state index >= 15 is 0 Å². The standard InChI is InChI=1S/C15H27NO5/c1-4-12(2)14(17)15(18)16-7-5-6-13(16)10-21-11-20-9-8-19-3/h4,12-14,17H,1,5-11H2,2-3H3/t12-,13-,14+/m0/s1. The Kier molecular flexibility index (Phi) is 8.52. The van der Waals surface area contributed by atoms with E-state index in [-0.39, 0.29) is 24.7 Å². The molecule has 1 rings (SSSR count). The number of amides is 1. The summed E-state index contributed by atoms with van der Waals surface area (Å²) in [6.07, 6.45) is 2.38. The first kappa shape index (κ1) is 18.1. The minimum atomic E-state index is -1.03. The Morgan fingerprint density at radius 2 is 2.24 bits per heavy atom. The molecule has 1 amide bonds. The van der Waals surface area contributed by atoms with Crippen molar-refractivity contribution < 1.29 is 24.1 Å². The van der Waals surface area contributed by atoms with Gasteiger partial charge in [0.2, 0.25) is 0 Å². The largest absolute Gasteiger partial charge is 0.383 e. The summed E-state index contributed by atoms with van der Waals surface area (Å²) in [6.45, 7) is 7.69. The summed E-state index contributed by atoms with van der Waals surface area (Å²) in [5.74, 6) is -0.495. The molecule has 1 aliphatic rings. The molecule has 0 aromatic carbocycles. The van der Waals surface area contributed by atoms with Crippen molar-refractivity contribution in [2.24, 2.45) is 5.92 Å². The fourth-order valence-corrected chi connectivity index (χ4v) is 2.27. The van der Waals surface area contributed by atoms with E-state index in [0.29, 0.717) is 26.4 Å². The fourth-order valence-electron chi connectivity index (χ4n) is 2.27. The van der Waals surface area contributed by atoms with E-state index in [0.717, 1.165) is 12.8 Å². The third-order valence-corrected chi connectivity index (χ3v) is 3.69. The maximum absolute atomic E-state index is 12.3. The Hall–Kier alpha value is -0.950. The number of carbonyl (C=O) groups is 1. The van der Waals surface area contributed by atoms with Crippen molar-refractivity contribution >= 4 is 5.91 Å². The van der Waals surface area contributed by atoms with Gasteiger partial charge in [-0.2, -0.15) is 0 Å². The highest BCUT2D eigenvalue weighted by Crippen LogP contribution is 2.20. The molecule has 0 aromatic rings. The van der Waals surface area contributed by atoms with Crippen LogP contribution in [0.4, 0.5) is 0 Å². The van der Waals surface area contributed by atoms with Crippen molar-refractivity contribution in [3.63, 3.8) is 0 Å². The van der Waals surface area contributed by atoms with Crippen molar-refractivity contribution in [1.29, 1.82) is 0 Å². The van der Waals surface area contributed by atoms with Gasteiger partial charge in [0.15, 0.2) is 0 Å². The zero-order valence-corrected chi connectivity index (χ0v) is 13.0. The normalized spacial score (nSPS) is 21.3. The van der Waals surface area contributed by atoms with Gasteiger partial charge in [0, 0.05) is 19.6 Å². The van der Waals surface area contributed by atoms with Crippen LogP contribution >= 0.6 is 0 Å². The Morgan fingerprint density at radius 3 is 2.90 bits per heavy atom. The molecule has 3 atom stereocenters. The van der Waals surface area contributed by atoms with Gasteiger partial charge >= 0.3 is 0 Å². The zero-order chi connectivity index (χ0) is 15.7. The Bertz CT molecular complexity index is 323. The zero-order valence-electron chi connectivity index (χ0n) is 13.0. The van der Waals surface area contributed by atoms with Gasteiger partial charge in [-0.25, -0.2) is 0 Å². The van der Waals surface area contributed by atoms with Crippen LogP contribution in [0.5, 0.6) is 0 Å². The molecular weight excluding hydrogens is 274 g/mol. The predicted octanol–water partition coefficient (Wildman–Crippen LogP) is 0.797. The molecule has 0 spiro atoms. The van der Waals surface area contributed by atoms with Crippen LogP contribution in [-0.2, 0) is 19.0 Å². The molecule has 1 fully saturated rings. The highest BCUT2D eigenvalue weighted by molar-refractivity contribution is 5.81. The van der Waals surface area contributed by atoms with E-state index in [1.54, 1.807) is 25.0 Å². The van der Waals surface area contributed by atoms with E-state index in [2.05, 4.69) is 6.58 Å². The molecule has 21 heavy (non-hydrogen) atoms. The second-order valence-electron chi connectivity index (χ2n) is 5.26. The van der Waals surface area contributed by atoms with Crippen molar-refractivity contribution in [2.45, 2.75) is 31.9 Å². The maximum atomic E-state index is 12.3. The minimum absolute atomic E-state index is 0.00944. The minimum Gasteiger partial charge on any atom is -0.383 e. The molecule has 0 saturated carbocycles. The molecule has 0 aromatic heterocycles. The van der Waals surface area contributed by atoms with Crippen LogP contribution in [0, 0.1) is 5.92 Å². The summed E-state index contributed by atoms with van der Waals surface area (Å²) in [7, 11) is 1.61. The van der Waals surface area contributed by atoms with Crippen molar-refractivity contribution in [2.75, 3.05) is 40.3 Å². The third-order valence-electron chi connectivity index (χ3n) is 3.69. The summed E-state index contributed by atoms with van der Waals surface area (Å²) in [5, 5.41) is 9.99. The highest BCUT2D eigenvalue weighted by Gasteiger charge is 2.33. The number of aliphatic hydroxyl groups excluding tert-OH is 1. The molecule has 6 heteroatoms. The lowest BCUT2D eigenvalue weighted by Crippen LogP contribution is -2.45. The molecule has 122 valence electrons. The second-order valence-corrected chi connectivity index (χ2v) is 5.26. The lowest BCUT2D eigenvalue weighted by Gasteiger charge is -2.28. The molecule has 1 aliphatic heterocycles. The quantitative estimate of drug-likeness (QED) is 0.367. The Balaban J connectivity index is 2.34. The van der Waals surface area contributed by atoms with Crippen LogP contribution in [0.15, 0.2) is 12.7 Å². The third kappa shape index (κ3) is 5.74. The lowest BCUT2D eigenvalue weighted by molar-refractivity contribution is -0.145. The van der Waals surface area contributed by atoms with Gasteiger partial charge in [0.05, 0.1) is 25.9 Å². The summed E-state index contributed by atoms with van der Waals surface area (Å²) >= 11 is 0. The lowest BCUT2D eigenvalue weighted by atomic mass is 10.0. The molecule has 1 N–H and O–H groups in total. The van der Waals surface area contributed by atoms with E-state index in [4.69, 9.17) is 14.2 Å². The van der Waals surface area contributed by atoms with Gasteiger partial charge in [-0.15, -0.1) is 6.58 Å². The van der Waals surface area contributed by atoms with Gasteiger partial charge in [-0.1, -0.05) is 13.0 Å². The van der Waals surface area contributed by atoms with Gasteiger partial charge in [0.1, 0.15) is 12.9 Å². The maximum Gasteiger partial charge on any atom is 0.252 e. The number of carbonyl (C=O) groups excluding carboxylic acids is 1. The van der Waals surface area contributed by atoms with Gasteiger partial charge < -0.3 is 24.2 Å².